The maximum absolute atomic E-state index is 12.4. The molecule has 0 aliphatic carbocycles. The monoisotopic (exact) mass is 363 g/mol. The molecule has 2 N–H and O–H groups in total. The van der Waals surface area contributed by atoms with Crippen LogP contribution in [0.4, 0.5) is 13.2 Å². The minimum absolute atomic E-state index is 0.0245. The normalized spacial score (nSPS) is 26.8. The molecule has 0 aromatic rings. The number of likely N-dealkylation sites (tertiary alicyclic amines) is 2. The van der Waals surface area contributed by atoms with Crippen molar-refractivity contribution in [3.05, 3.63) is 0 Å². The van der Waals surface area contributed by atoms with Gasteiger partial charge in [-0.25, -0.2) is 0 Å². The summed E-state index contributed by atoms with van der Waals surface area (Å²) in [7, 11) is 1.70. The van der Waals surface area contributed by atoms with Gasteiger partial charge in [0.1, 0.15) is 0 Å². The van der Waals surface area contributed by atoms with Gasteiger partial charge in [-0.05, 0) is 44.7 Å². The molecule has 0 amide bonds. The van der Waals surface area contributed by atoms with Crippen molar-refractivity contribution in [3.8, 4) is 0 Å². The SMILES string of the molecule is CN=C(NCCCN1CCCC(C)C1)NC1CCN(CC(F)(F)F)C1. The Morgan fingerprint density at radius 3 is 2.64 bits per heavy atom. The Morgan fingerprint density at radius 1 is 1.16 bits per heavy atom. The van der Waals surface area contributed by atoms with Gasteiger partial charge in [0.2, 0.25) is 0 Å². The molecule has 2 saturated heterocycles. The quantitative estimate of drug-likeness (QED) is 0.430. The van der Waals surface area contributed by atoms with E-state index in [9.17, 15) is 13.2 Å². The summed E-state index contributed by atoms with van der Waals surface area (Å²) in [5.74, 6) is 1.48. The van der Waals surface area contributed by atoms with Crippen molar-refractivity contribution in [1.29, 1.82) is 0 Å². The highest BCUT2D eigenvalue weighted by Crippen LogP contribution is 2.20. The molecule has 0 bridgehead atoms. The molecule has 2 fully saturated rings. The number of rotatable bonds is 6. The number of piperidine rings is 1. The Balaban J connectivity index is 1.61. The number of nitrogens with one attached hydrogen (secondary N) is 2. The zero-order valence-electron chi connectivity index (χ0n) is 15.4. The summed E-state index contributed by atoms with van der Waals surface area (Å²) < 4.78 is 37.3. The molecule has 2 atom stereocenters. The number of alkyl halides is 3. The Bertz CT molecular complexity index is 427. The first-order valence-electron chi connectivity index (χ1n) is 9.34. The van der Waals surface area contributed by atoms with Gasteiger partial charge >= 0.3 is 6.18 Å². The minimum Gasteiger partial charge on any atom is -0.356 e. The van der Waals surface area contributed by atoms with Crippen molar-refractivity contribution >= 4 is 5.96 Å². The van der Waals surface area contributed by atoms with Gasteiger partial charge in [-0.15, -0.1) is 0 Å². The molecule has 146 valence electrons. The van der Waals surface area contributed by atoms with Crippen molar-refractivity contribution in [1.82, 2.24) is 20.4 Å². The molecule has 25 heavy (non-hydrogen) atoms. The molecule has 5 nitrogen and oxygen atoms in total. The van der Waals surface area contributed by atoms with Crippen molar-refractivity contribution in [2.24, 2.45) is 10.9 Å². The number of hydrogen-bond donors (Lipinski definition) is 2. The lowest BCUT2D eigenvalue weighted by atomic mass is 10.0. The number of guanidine groups is 1. The lowest BCUT2D eigenvalue weighted by Crippen LogP contribution is -2.46. The van der Waals surface area contributed by atoms with Gasteiger partial charge in [-0.3, -0.25) is 9.89 Å². The second-order valence-electron chi connectivity index (χ2n) is 7.38. The Labute approximate surface area is 149 Å². The molecule has 0 radical (unpaired) electrons. The standard InChI is InChI=1S/C17H32F3N5/c1-14-5-3-8-24(11-14)9-4-7-22-16(21-2)23-15-6-10-25(12-15)13-17(18,19)20/h14-15H,3-13H2,1-2H3,(H2,21,22,23). The molecule has 2 heterocycles. The molecule has 2 aliphatic rings. The summed E-state index contributed by atoms with van der Waals surface area (Å²) in [6, 6.07) is 0.0245. The van der Waals surface area contributed by atoms with E-state index < -0.39 is 12.7 Å². The van der Waals surface area contributed by atoms with E-state index in [2.05, 4.69) is 27.4 Å². The summed E-state index contributed by atoms with van der Waals surface area (Å²) in [6.07, 6.45) is 0.244. The zero-order chi connectivity index (χ0) is 18.3. The maximum atomic E-state index is 12.4. The molecule has 8 heteroatoms. The van der Waals surface area contributed by atoms with E-state index in [4.69, 9.17) is 0 Å². The number of nitrogens with zero attached hydrogens (tertiary/aromatic N) is 3. The van der Waals surface area contributed by atoms with Crippen molar-refractivity contribution in [3.63, 3.8) is 0 Å². The fraction of sp³-hybridized carbons (Fsp3) is 0.941. The van der Waals surface area contributed by atoms with Gasteiger partial charge in [0, 0.05) is 39.3 Å². The van der Waals surface area contributed by atoms with Crippen LogP contribution in [0.5, 0.6) is 0 Å². The fourth-order valence-electron chi connectivity index (χ4n) is 3.73. The first kappa shape index (κ1) is 20.3. The molecule has 0 aromatic heterocycles. The van der Waals surface area contributed by atoms with Crippen molar-refractivity contribution in [2.75, 3.05) is 52.9 Å². The summed E-state index contributed by atoms with van der Waals surface area (Å²) in [6.45, 7) is 6.64. The number of aliphatic imine (C=N–C) groups is 1. The van der Waals surface area contributed by atoms with Crippen LogP contribution in [0.3, 0.4) is 0 Å². The molecule has 0 spiro atoms. The van der Waals surface area contributed by atoms with Crippen LogP contribution < -0.4 is 10.6 Å². The third-order valence-electron chi connectivity index (χ3n) is 4.92. The van der Waals surface area contributed by atoms with E-state index in [0.717, 1.165) is 25.4 Å². The van der Waals surface area contributed by atoms with Gasteiger partial charge in [0.05, 0.1) is 6.54 Å². The second-order valence-corrected chi connectivity index (χ2v) is 7.38. The van der Waals surface area contributed by atoms with E-state index in [1.54, 1.807) is 7.05 Å². The van der Waals surface area contributed by atoms with Gasteiger partial charge in [0.15, 0.2) is 5.96 Å². The largest absolute Gasteiger partial charge is 0.401 e. The predicted octanol–water partition coefficient (Wildman–Crippen LogP) is 1.91. The van der Waals surface area contributed by atoms with Crippen molar-refractivity contribution in [2.45, 2.75) is 44.8 Å². The summed E-state index contributed by atoms with van der Waals surface area (Å²) in [4.78, 5) is 8.15. The average Bonchev–Trinajstić information content (AvgIpc) is 2.95. The lowest BCUT2D eigenvalue weighted by Gasteiger charge is -2.30. The van der Waals surface area contributed by atoms with Crippen LogP contribution in [0, 0.1) is 5.92 Å². The highest BCUT2D eigenvalue weighted by atomic mass is 19.4. The third kappa shape index (κ3) is 7.81. The molecule has 2 aliphatic heterocycles. The molecule has 2 unspecified atom stereocenters. The highest BCUT2D eigenvalue weighted by molar-refractivity contribution is 5.79. The number of halogens is 3. The Kier molecular flexibility index (Phi) is 7.81. The topological polar surface area (TPSA) is 42.9 Å². The highest BCUT2D eigenvalue weighted by Gasteiger charge is 2.34. The van der Waals surface area contributed by atoms with Gasteiger partial charge in [0.25, 0.3) is 0 Å². The zero-order valence-corrected chi connectivity index (χ0v) is 15.4. The first-order chi connectivity index (χ1) is 11.9. The van der Waals surface area contributed by atoms with Crippen LogP contribution >= 0.6 is 0 Å². The lowest BCUT2D eigenvalue weighted by molar-refractivity contribution is -0.143. The van der Waals surface area contributed by atoms with E-state index in [1.807, 2.05) is 0 Å². The molecule has 0 aromatic carbocycles. The third-order valence-corrected chi connectivity index (χ3v) is 4.92. The van der Waals surface area contributed by atoms with Gasteiger partial charge < -0.3 is 15.5 Å². The van der Waals surface area contributed by atoms with E-state index in [0.29, 0.717) is 25.5 Å². The maximum Gasteiger partial charge on any atom is 0.401 e. The first-order valence-corrected chi connectivity index (χ1v) is 9.34. The van der Waals surface area contributed by atoms with E-state index in [1.165, 1.54) is 30.8 Å². The van der Waals surface area contributed by atoms with Crippen LogP contribution in [0.2, 0.25) is 0 Å². The van der Waals surface area contributed by atoms with Gasteiger partial charge in [-0.2, -0.15) is 13.2 Å². The summed E-state index contributed by atoms with van der Waals surface area (Å²) in [5, 5.41) is 6.52. The minimum atomic E-state index is -4.12. The van der Waals surface area contributed by atoms with Crippen LogP contribution in [0.15, 0.2) is 4.99 Å². The van der Waals surface area contributed by atoms with Crippen LogP contribution in [-0.4, -0.2) is 80.8 Å². The smallest absolute Gasteiger partial charge is 0.356 e. The van der Waals surface area contributed by atoms with Crippen LogP contribution in [0.1, 0.15) is 32.6 Å². The van der Waals surface area contributed by atoms with Crippen LogP contribution in [-0.2, 0) is 0 Å². The second kappa shape index (κ2) is 9.62. The molecule has 2 rings (SSSR count). The Morgan fingerprint density at radius 2 is 1.96 bits per heavy atom. The van der Waals surface area contributed by atoms with E-state index >= 15 is 0 Å². The molecular formula is C17H32F3N5. The summed E-state index contributed by atoms with van der Waals surface area (Å²) in [5.41, 5.74) is 0. The fourth-order valence-corrected chi connectivity index (χ4v) is 3.73. The Hall–Kier alpha value is -1.02. The summed E-state index contributed by atoms with van der Waals surface area (Å²) >= 11 is 0. The molecular weight excluding hydrogens is 331 g/mol. The van der Waals surface area contributed by atoms with E-state index in [-0.39, 0.29) is 6.04 Å². The molecule has 0 saturated carbocycles. The number of hydrogen-bond acceptors (Lipinski definition) is 3. The van der Waals surface area contributed by atoms with Crippen molar-refractivity contribution < 1.29 is 13.2 Å². The van der Waals surface area contributed by atoms with Gasteiger partial charge in [-0.1, -0.05) is 6.92 Å². The average molecular weight is 363 g/mol. The predicted molar refractivity (Wildman–Crippen MR) is 94.9 cm³/mol. The van der Waals surface area contributed by atoms with Crippen LogP contribution in [0.25, 0.3) is 0 Å².